The Morgan fingerprint density at radius 1 is 0.465 bits per heavy atom. The van der Waals surface area contributed by atoms with Gasteiger partial charge in [-0.2, -0.15) is 38.8 Å². The van der Waals surface area contributed by atoms with Crippen LogP contribution in [-0.2, 0) is 40.5 Å². The SMILES string of the molecule is O=C1C(=NNc2ccc(N=Nc3ccc(N=Nc4cc(S(=O)(=O)O)cc5cc(S(=O)(=O)O)cc(O)c45)c4ccccc34)c3ccc(S(=O)(=O)O)cc23)C(S(=O)(=O)O)=Cc2cc(Nc3ccccc3)ccc21. The molecular formula is C46H31N7O14S4. The number of allylic oxidation sites excluding steroid dienone is 1. The van der Waals surface area contributed by atoms with Gasteiger partial charge in [-0.25, -0.2) is 0 Å². The van der Waals surface area contributed by atoms with Crippen LogP contribution in [0.2, 0.25) is 0 Å². The minimum absolute atomic E-state index is 0.00917. The summed E-state index contributed by atoms with van der Waals surface area (Å²) in [5.41, 5.74) is 3.72. The van der Waals surface area contributed by atoms with Crippen LogP contribution in [0.3, 0.4) is 0 Å². The van der Waals surface area contributed by atoms with Gasteiger partial charge < -0.3 is 10.4 Å². The third-order valence-corrected chi connectivity index (χ3v) is 14.3. The number of nitrogens with one attached hydrogen (secondary N) is 2. The van der Waals surface area contributed by atoms with E-state index in [0.29, 0.717) is 16.5 Å². The maximum absolute atomic E-state index is 13.8. The molecule has 0 atom stereocenters. The monoisotopic (exact) mass is 1030 g/mol. The Bertz CT molecular complexity index is 4200. The molecular weight excluding hydrogens is 1000 g/mol. The number of fused-ring (bicyclic) bond motifs is 4. The van der Waals surface area contributed by atoms with Crippen LogP contribution < -0.4 is 10.7 Å². The number of ketones is 1. The van der Waals surface area contributed by atoms with Gasteiger partial charge in [-0.1, -0.05) is 48.5 Å². The summed E-state index contributed by atoms with van der Waals surface area (Å²) in [5.74, 6) is -1.57. The third-order valence-electron chi connectivity index (χ3n) is 10.9. The van der Waals surface area contributed by atoms with Crippen LogP contribution in [0, 0.1) is 0 Å². The second kappa shape index (κ2) is 18.0. The third kappa shape index (κ3) is 9.87. The van der Waals surface area contributed by atoms with Crippen LogP contribution >= 0.6 is 0 Å². The summed E-state index contributed by atoms with van der Waals surface area (Å²) in [4.78, 5) is 11.0. The number of carbonyl (C=O) groups excluding carboxylic acids is 1. The van der Waals surface area contributed by atoms with E-state index >= 15 is 0 Å². The van der Waals surface area contributed by atoms with E-state index in [1.165, 1.54) is 42.5 Å². The van der Waals surface area contributed by atoms with Crippen molar-refractivity contribution < 1.29 is 61.8 Å². The van der Waals surface area contributed by atoms with Gasteiger partial charge in [0.2, 0.25) is 5.78 Å². The van der Waals surface area contributed by atoms with Gasteiger partial charge in [-0.15, -0.1) is 20.5 Å². The first-order valence-corrected chi connectivity index (χ1v) is 26.0. The summed E-state index contributed by atoms with van der Waals surface area (Å²) in [6.07, 6.45) is 1.09. The number of hydrogen-bond acceptors (Lipinski definition) is 17. The van der Waals surface area contributed by atoms with Crippen molar-refractivity contribution in [1.82, 2.24) is 0 Å². The number of Topliss-reactive ketones (excluding diaryl/α,β-unsaturated/α-hetero) is 1. The average molecular weight is 1030 g/mol. The van der Waals surface area contributed by atoms with Gasteiger partial charge in [0.1, 0.15) is 10.7 Å². The zero-order chi connectivity index (χ0) is 50.6. The molecule has 0 saturated heterocycles. The molecule has 0 radical (unpaired) electrons. The molecule has 0 unspecified atom stereocenters. The maximum Gasteiger partial charge on any atom is 0.296 e. The molecule has 0 fully saturated rings. The molecule has 25 heteroatoms. The van der Waals surface area contributed by atoms with Crippen LogP contribution in [0.25, 0.3) is 38.4 Å². The number of para-hydroxylation sites is 1. The van der Waals surface area contributed by atoms with Gasteiger partial charge in [-0.05, 0) is 102 Å². The van der Waals surface area contributed by atoms with E-state index in [1.54, 1.807) is 54.6 Å². The van der Waals surface area contributed by atoms with Crippen LogP contribution in [0.5, 0.6) is 5.75 Å². The molecule has 8 aromatic carbocycles. The number of benzene rings is 8. The summed E-state index contributed by atoms with van der Waals surface area (Å²) < 4.78 is 138. The zero-order valence-electron chi connectivity index (χ0n) is 35.6. The highest BCUT2D eigenvalue weighted by atomic mass is 32.2. The van der Waals surface area contributed by atoms with Crippen molar-refractivity contribution in [2.45, 2.75) is 14.7 Å². The smallest absolute Gasteiger partial charge is 0.296 e. The lowest BCUT2D eigenvalue weighted by molar-refractivity contribution is 0.106. The molecule has 9 rings (SSSR count). The Hall–Kier alpha value is -8.14. The van der Waals surface area contributed by atoms with Crippen molar-refractivity contribution in [1.29, 1.82) is 0 Å². The lowest BCUT2D eigenvalue weighted by atomic mass is 9.94. The summed E-state index contributed by atoms with van der Waals surface area (Å²) >= 11 is 0. The summed E-state index contributed by atoms with van der Waals surface area (Å²) in [5, 5.41) is 36.1. The molecule has 0 heterocycles. The molecule has 1 aliphatic carbocycles. The summed E-state index contributed by atoms with van der Waals surface area (Å²) in [6, 6.07) is 33.0. The highest BCUT2D eigenvalue weighted by Gasteiger charge is 2.33. The number of phenols is 1. The first kappa shape index (κ1) is 47.9. The van der Waals surface area contributed by atoms with Crippen LogP contribution in [0.15, 0.2) is 185 Å². The van der Waals surface area contributed by atoms with Crippen LogP contribution in [-0.4, -0.2) is 68.5 Å². The summed E-state index contributed by atoms with van der Waals surface area (Å²) in [6.45, 7) is 0. The van der Waals surface area contributed by atoms with Crippen molar-refractivity contribution in [2.24, 2.45) is 25.6 Å². The highest BCUT2D eigenvalue weighted by molar-refractivity contribution is 7.91. The van der Waals surface area contributed by atoms with Gasteiger partial charge in [0.25, 0.3) is 40.5 Å². The highest BCUT2D eigenvalue weighted by Crippen LogP contribution is 2.42. The summed E-state index contributed by atoms with van der Waals surface area (Å²) in [7, 11) is -19.6. The van der Waals surface area contributed by atoms with Gasteiger partial charge in [0.05, 0.1) is 48.5 Å². The Labute approximate surface area is 402 Å². The van der Waals surface area contributed by atoms with Crippen molar-refractivity contribution in [2.75, 3.05) is 10.7 Å². The van der Waals surface area contributed by atoms with Gasteiger partial charge in [-0.3, -0.25) is 28.4 Å². The predicted molar refractivity (Wildman–Crippen MR) is 262 cm³/mol. The minimum atomic E-state index is -5.06. The number of hydrogen-bond donors (Lipinski definition) is 7. The van der Waals surface area contributed by atoms with Crippen LogP contribution in [0.4, 0.5) is 39.8 Å². The molecule has 0 bridgehead atoms. The Morgan fingerprint density at radius 2 is 1.01 bits per heavy atom. The van der Waals surface area contributed by atoms with E-state index in [1.807, 2.05) is 6.07 Å². The first-order chi connectivity index (χ1) is 33.5. The molecule has 0 spiro atoms. The largest absolute Gasteiger partial charge is 0.507 e. The van der Waals surface area contributed by atoms with Crippen molar-refractivity contribution in [3.63, 3.8) is 0 Å². The number of aromatic hydroxyl groups is 1. The number of hydrazone groups is 1. The maximum atomic E-state index is 13.8. The number of anilines is 3. The normalized spacial score (nSPS) is 14.2. The predicted octanol–water partition coefficient (Wildman–Crippen LogP) is 10.1. The van der Waals surface area contributed by atoms with Crippen molar-refractivity contribution in [3.05, 3.63) is 156 Å². The number of carbonyl (C=O) groups is 1. The second-order valence-corrected chi connectivity index (χ2v) is 21.1. The molecule has 71 heavy (non-hydrogen) atoms. The van der Waals surface area contributed by atoms with Crippen LogP contribution in [0.1, 0.15) is 15.9 Å². The topological polar surface area (TPSA) is 341 Å². The van der Waals surface area contributed by atoms with E-state index < -0.39 is 77.3 Å². The van der Waals surface area contributed by atoms with E-state index in [9.17, 15) is 61.8 Å². The van der Waals surface area contributed by atoms with E-state index in [0.717, 1.165) is 48.2 Å². The Kier molecular flexibility index (Phi) is 12.1. The molecule has 0 aliphatic heterocycles. The van der Waals surface area contributed by atoms with E-state index in [-0.39, 0.29) is 61.1 Å². The van der Waals surface area contributed by atoms with Crippen molar-refractivity contribution >= 4 is 130 Å². The fraction of sp³-hybridized carbons (Fsp3) is 0. The molecule has 7 N–H and O–H groups in total. The lowest BCUT2D eigenvalue weighted by Gasteiger charge is -2.18. The quantitative estimate of drug-likeness (QED) is 0.0340. The van der Waals surface area contributed by atoms with Crippen molar-refractivity contribution in [3.8, 4) is 5.75 Å². The fourth-order valence-electron chi connectivity index (χ4n) is 7.63. The van der Waals surface area contributed by atoms with E-state index in [4.69, 9.17) is 0 Å². The number of rotatable bonds is 12. The molecule has 1 aliphatic rings. The second-order valence-electron chi connectivity index (χ2n) is 15.5. The molecule has 0 amide bonds. The van der Waals surface area contributed by atoms with E-state index in [2.05, 4.69) is 36.3 Å². The zero-order valence-corrected chi connectivity index (χ0v) is 38.9. The Morgan fingerprint density at radius 3 is 1.61 bits per heavy atom. The lowest BCUT2D eigenvalue weighted by Crippen LogP contribution is -2.27. The number of nitrogens with zero attached hydrogens (tertiary/aromatic N) is 5. The van der Waals surface area contributed by atoms with Gasteiger partial charge in [0, 0.05) is 44.5 Å². The number of phenolic OH excluding ortho intramolecular Hbond substituents is 1. The minimum Gasteiger partial charge on any atom is -0.507 e. The number of azo groups is 2. The Balaban J connectivity index is 1.07. The molecule has 0 saturated carbocycles. The molecule has 358 valence electrons. The standard InChI is InChI=1S/C46H31N7O14S4/c54-42-24-31(70(62,63)64)20-26-19-30(69(59,60)61)23-41(44(26)42)52-50-38-15-14-37(33-8-4-5-9-34(33)38)48-49-39-16-17-40(36-22-29(68(56,57)58)11-13-35(36)39)51-53-45-43(71(65,66)67)21-25-18-28(10-12-32(25)46(45)55)47-27-6-2-1-3-7-27/h1-24,47,51,54H,(H,56,57,58)(H,59,60,61)(H,62,63,64)(H,65,66,67). The molecule has 8 aromatic rings. The van der Waals surface area contributed by atoms with Gasteiger partial charge in [0.15, 0.2) is 5.71 Å². The van der Waals surface area contributed by atoms with Gasteiger partial charge >= 0.3 is 0 Å². The molecule has 0 aromatic heterocycles. The first-order valence-electron chi connectivity index (χ1n) is 20.2. The molecule has 21 nitrogen and oxygen atoms in total. The fourth-order valence-corrected chi connectivity index (χ4v) is 9.87. The average Bonchev–Trinajstić information content (AvgIpc) is 3.31.